The van der Waals surface area contributed by atoms with Crippen LogP contribution < -0.4 is 0 Å². The topological polar surface area (TPSA) is 58.9 Å². The maximum Gasteiger partial charge on any atom is 0.187 e. The van der Waals surface area contributed by atoms with Gasteiger partial charge in [0.15, 0.2) is 17.8 Å². The summed E-state index contributed by atoms with van der Waals surface area (Å²) >= 11 is 0. The average Bonchev–Trinajstić information content (AvgIpc) is 2.67. The molecule has 0 amide bonds. The van der Waals surface area contributed by atoms with Crippen LogP contribution in [0.25, 0.3) is 0 Å². The van der Waals surface area contributed by atoms with Crippen LogP contribution in [0.15, 0.2) is 18.2 Å². The molecule has 1 aromatic rings. The van der Waals surface area contributed by atoms with E-state index in [2.05, 4.69) is 13.8 Å². The molecule has 0 aromatic heterocycles. The third-order valence-corrected chi connectivity index (χ3v) is 4.83. The van der Waals surface area contributed by atoms with Crippen molar-refractivity contribution in [3.05, 3.63) is 23.8 Å². The molecule has 0 bridgehead atoms. The van der Waals surface area contributed by atoms with Gasteiger partial charge in [-0.2, -0.15) is 0 Å². The molecule has 156 valence electrons. The van der Waals surface area contributed by atoms with Crippen molar-refractivity contribution in [1.82, 2.24) is 0 Å². The summed E-state index contributed by atoms with van der Waals surface area (Å²) in [6, 6.07) is 4.93. The number of para-hydroxylation sites is 1. The monoisotopic (exact) mass is 380 g/mol. The van der Waals surface area contributed by atoms with Crippen molar-refractivity contribution in [2.45, 2.75) is 97.2 Å². The fraction of sp³-hybridized carbons (Fsp3) is 0.739. The van der Waals surface area contributed by atoms with Gasteiger partial charge in [0.25, 0.3) is 0 Å². The lowest BCUT2D eigenvalue weighted by Gasteiger charge is -2.20. The van der Waals surface area contributed by atoms with Crippen LogP contribution >= 0.6 is 0 Å². The van der Waals surface area contributed by atoms with Crippen molar-refractivity contribution < 1.29 is 19.7 Å². The molecule has 0 spiro atoms. The lowest BCUT2D eigenvalue weighted by molar-refractivity contribution is -0.149. The molecule has 0 fully saturated rings. The van der Waals surface area contributed by atoms with E-state index >= 15 is 0 Å². The van der Waals surface area contributed by atoms with Gasteiger partial charge in [-0.3, -0.25) is 0 Å². The van der Waals surface area contributed by atoms with Crippen LogP contribution in [0.2, 0.25) is 0 Å². The summed E-state index contributed by atoms with van der Waals surface area (Å²) in [5.41, 5.74) is 0.506. The second-order valence-electron chi connectivity index (χ2n) is 7.32. The van der Waals surface area contributed by atoms with Crippen LogP contribution in [-0.4, -0.2) is 23.4 Å². The number of hydrogen-bond donors (Lipinski definition) is 2. The molecular formula is C23H40O4. The van der Waals surface area contributed by atoms with Gasteiger partial charge in [0.05, 0.1) is 18.8 Å². The first-order chi connectivity index (χ1) is 13.2. The summed E-state index contributed by atoms with van der Waals surface area (Å²) < 4.78 is 11.8. The summed E-state index contributed by atoms with van der Waals surface area (Å²) in [7, 11) is 0. The molecule has 1 aromatic carbocycles. The molecule has 4 nitrogen and oxygen atoms in total. The first-order valence-corrected chi connectivity index (χ1v) is 10.9. The Morgan fingerprint density at radius 2 is 1.19 bits per heavy atom. The molecule has 4 heteroatoms. The Balaban J connectivity index is 2.41. The lowest BCUT2D eigenvalue weighted by atomic mass is 10.1. The number of ether oxygens (including phenoxy) is 2. The molecule has 0 aliphatic heterocycles. The molecule has 27 heavy (non-hydrogen) atoms. The predicted octanol–water partition coefficient (Wildman–Crippen LogP) is 6.85. The summed E-state index contributed by atoms with van der Waals surface area (Å²) in [4.78, 5) is 0. The van der Waals surface area contributed by atoms with Gasteiger partial charge in [0.1, 0.15) is 0 Å². The molecule has 0 aliphatic rings. The molecule has 0 radical (unpaired) electrons. The largest absolute Gasteiger partial charge is 0.504 e. The lowest BCUT2D eigenvalue weighted by Crippen LogP contribution is -2.11. The van der Waals surface area contributed by atoms with Crippen molar-refractivity contribution in [3.63, 3.8) is 0 Å². The van der Waals surface area contributed by atoms with Gasteiger partial charge in [-0.1, -0.05) is 84.1 Å². The fourth-order valence-electron chi connectivity index (χ4n) is 3.11. The Kier molecular flexibility index (Phi) is 13.9. The van der Waals surface area contributed by atoms with Crippen LogP contribution in [0.5, 0.6) is 11.5 Å². The standard InChI is InChI=1S/C23H40O4/c1-3-5-7-9-11-13-18-26-23(20-16-15-17-21(24)22(20)25)27-19-14-12-10-8-6-4-2/h15-17,23-25H,3-14,18-19H2,1-2H3. The Hall–Kier alpha value is -1.26. The third-order valence-electron chi connectivity index (χ3n) is 4.83. The van der Waals surface area contributed by atoms with Crippen molar-refractivity contribution in [2.75, 3.05) is 13.2 Å². The second kappa shape index (κ2) is 15.8. The SMILES string of the molecule is CCCCCCCCOC(OCCCCCCCC)c1cccc(O)c1O. The van der Waals surface area contributed by atoms with Crippen LogP contribution in [0.4, 0.5) is 0 Å². The fourth-order valence-corrected chi connectivity index (χ4v) is 3.11. The van der Waals surface area contributed by atoms with Crippen molar-refractivity contribution in [1.29, 1.82) is 0 Å². The third kappa shape index (κ3) is 10.6. The smallest absolute Gasteiger partial charge is 0.187 e. The molecule has 0 heterocycles. The maximum absolute atomic E-state index is 10.2. The van der Waals surface area contributed by atoms with E-state index in [1.807, 2.05) is 0 Å². The minimum absolute atomic E-state index is 0.135. The summed E-state index contributed by atoms with van der Waals surface area (Å²) in [5.74, 6) is -0.280. The Labute approximate surface area is 165 Å². The summed E-state index contributed by atoms with van der Waals surface area (Å²) in [6.45, 7) is 5.64. The molecule has 0 aliphatic carbocycles. The average molecular weight is 381 g/mol. The van der Waals surface area contributed by atoms with E-state index in [1.54, 1.807) is 12.1 Å². The number of unbranched alkanes of at least 4 members (excludes halogenated alkanes) is 10. The van der Waals surface area contributed by atoms with Gasteiger partial charge in [-0.25, -0.2) is 0 Å². The molecular weight excluding hydrogens is 340 g/mol. The van der Waals surface area contributed by atoms with Crippen molar-refractivity contribution in [2.24, 2.45) is 0 Å². The highest BCUT2D eigenvalue weighted by Crippen LogP contribution is 2.35. The van der Waals surface area contributed by atoms with Crippen molar-refractivity contribution in [3.8, 4) is 11.5 Å². The first kappa shape index (κ1) is 23.8. The highest BCUT2D eigenvalue weighted by Gasteiger charge is 2.18. The number of phenolic OH excluding ortho intramolecular Hbond substituents is 2. The van der Waals surface area contributed by atoms with E-state index in [0.717, 1.165) is 25.7 Å². The van der Waals surface area contributed by atoms with E-state index in [0.29, 0.717) is 18.8 Å². The van der Waals surface area contributed by atoms with Crippen LogP contribution in [-0.2, 0) is 9.47 Å². The quantitative estimate of drug-likeness (QED) is 0.176. The Morgan fingerprint density at radius 1 is 0.704 bits per heavy atom. The van der Waals surface area contributed by atoms with Crippen LogP contribution in [0, 0.1) is 0 Å². The minimum atomic E-state index is -0.622. The van der Waals surface area contributed by atoms with E-state index in [-0.39, 0.29) is 11.5 Å². The van der Waals surface area contributed by atoms with Gasteiger partial charge in [0.2, 0.25) is 0 Å². The molecule has 2 N–H and O–H groups in total. The summed E-state index contributed by atoms with van der Waals surface area (Å²) in [5, 5.41) is 19.9. The zero-order valence-electron chi connectivity index (χ0n) is 17.4. The van der Waals surface area contributed by atoms with E-state index in [4.69, 9.17) is 9.47 Å². The number of rotatable bonds is 17. The molecule has 0 unspecified atom stereocenters. The van der Waals surface area contributed by atoms with Gasteiger partial charge in [-0.15, -0.1) is 0 Å². The maximum atomic E-state index is 10.2. The molecule has 0 saturated heterocycles. The number of aromatic hydroxyl groups is 2. The van der Waals surface area contributed by atoms with E-state index < -0.39 is 6.29 Å². The minimum Gasteiger partial charge on any atom is -0.504 e. The summed E-state index contributed by atoms with van der Waals surface area (Å²) in [6.07, 6.45) is 13.8. The number of hydrogen-bond acceptors (Lipinski definition) is 4. The Bertz CT molecular complexity index is 457. The van der Waals surface area contributed by atoms with Crippen molar-refractivity contribution >= 4 is 0 Å². The van der Waals surface area contributed by atoms with Crippen LogP contribution in [0.3, 0.4) is 0 Å². The van der Waals surface area contributed by atoms with Gasteiger partial charge in [-0.05, 0) is 25.0 Å². The van der Waals surface area contributed by atoms with Gasteiger partial charge >= 0.3 is 0 Å². The molecule has 0 atom stereocenters. The zero-order chi connectivity index (χ0) is 19.7. The van der Waals surface area contributed by atoms with Crippen LogP contribution in [0.1, 0.15) is 103 Å². The normalized spacial score (nSPS) is 11.4. The molecule has 1 rings (SSSR count). The zero-order valence-corrected chi connectivity index (χ0v) is 17.4. The highest BCUT2D eigenvalue weighted by atomic mass is 16.7. The van der Waals surface area contributed by atoms with E-state index in [1.165, 1.54) is 57.4 Å². The number of phenols is 2. The number of benzene rings is 1. The Morgan fingerprint density at radius 3 is 1.70 bits per heavy atom. The van der Waals surface area contributed by atoms with E-state index in [9.17, 15) is 10.2 Å². The van der Waals surface area contributed by atoms with Gasteiger partial charge in [0, 0.05) is 0 Å². The first-order valence-electron chi connectivity index (χ1n) is 10.9. The van der Waals surface area contributed by atoms with Gasteiger partial charge < -0.3 is 19.7 Å². The molecule has 0 saturated carbocycles. The predicted molar refractivity (Wildman–Crippen MR) is 111 cm³/mol. The second-order valence-corrected chi connectivity index (χ2v) is 7.32. The highest BCUT2D eigenvalue weighted by molar-refractivity contribution is 5.44.